The van der Waals surface area contributed by atoms with Crippen molar-refractivity contribution in [1.82, 2.24) is 14.1 Å². The fourth-order valence-electron chi connectivity index (χ4n) is 9.65. The molecule has 13 aromatic rings. The van der Waals surface area contributed by atoms with Crippen LogP contribution in [0.25, 0.3) is 121 Å². The summed E-state index contributed by atoms with van der Waals surface area (Å²) in [6, 6.07) is 72.1. The molecule has 0 amide bonds. The van der Waals surface area contributed by atoms with Crippen LogP contribution in [-0.4, -0.2) is 14.1 Å². The van der Waals surface area contributed by atoms with Gasteiger partial charge in [0.1, 0.15) is 5.52 Å². The lowest BCUT2D eigenvalue weighted by Crippen LogP contribution is -1.94. The topological polar surface area (TPSA) is 35.9 Å². The lowest BCUT2D eigenvalue weighted by Gasteiger charge is -2.14. The smallest absolute Gasteiger partial charge is 0.227 e. The summed E-state index contributed by atoms with van der Waals surface area (Å²) in [5.41, 5.74) is 11.7. The third-order valence-electron chi connectivity index (χ3n) is 12.3. The zero-order chi connectivity index (χ0) is 38.6. The normalized spacial score (nSPS) is 12.1. The Morgan fingerprint density at radius 1 is 0.305 bits per heavy atom. The maximum atomic E-state index is 6.56. The maximum Gasteiger partial charge on any atom is 0.227 e. The first-order valence-corrected chi connectivity index (χ1v) is 20.1. The molecule has 0 aliphatic carbocycles. The molecule has 0 saturated carbocycles. The molecule has 0 bridgehead atoms. The van der Waals surface area contributed by atoms with Crippen LogP contribution in [0.5, 0.6) is 0 Å². The minimum atomic E-state index is 0.616. The zero-order valence-corrected chi connectivity index (χ0v) is 31.8. The molecule has 0 radical (unpaired) electrons. The average molecular weight is 752 g/mol. The van der Waals surface area contributed by atoms with E-state index in [1.54, 1.807) is 0 Å². The number of benzene rings is 10. The molecule has 0 spiro atoms. The van der Waals surface area contributed by atoms with Crippen molar-refractivity contribution in [2.24, 2.45) is 0 Å². The van der Waals surface area contributed by atoms with Gasteiger partial charge in [-0.15, -0.1) is 0 Å². The van der Waals surface area contributed by atoms with E-state index >= 15 is 0 Å². The lowest BCUT2D eigenvalue weighted by atomic mass is 9.94. The Bertz CT molecular complexity index is 3810. The van der Waals surface area contributed by atoms with E-state index in [0.29, 0.717) is 5.89 Å². The summed E-state index contributed by atoms with van der Waals surface area (Å²) >= 11 is 0. The highest BCUT2D eigenvalue weighted by molar-refractivity contribution is 6.25. The van der Waals surface area contributed by atoms with Crippen LogP contribution in [0.3, 0.4) is 0 Å². The van der Waals surface area contributed by atoms with E-state index in [2.05, 4.69) is 209 Å². The van der Waals surface area contributed by atoms with Crippen LogP contribution in [0.15, 0.2) is 205 Å². The van der Waals surface area contributed by atoms with Gasteiger partial charge >= 0.3 is 0 Å². The summed E-state index contributed by atoms with van der Waals surface area (Å²) in [5, 5.41) is 12.5. The number of para-hydroxylation sites is 3. The molecule has 3 heterocycles. The van der Waals surface area contributed by atoms with E-state index in [0.717, 1.165) is 44.7 Å². The Hall–Kier alpha value is -7.95. The fraction of sp³-hybridized carbons (Fsp3) is 0. The number of nitrogens with zero attached hydrogens (tertiary/aromatic N) is 3. The third kappa shape index (κ3) is 4.75. The van der Waals surface area contributed by atoms with Crippen LogP contribution in [0.4, 0.5) is 0 Å². The number of hydrogen-bond donors (Lipinski definition) is 0. The Balaban J connectivity index is 0.919. The Morgan fingerprint density at radius 3 is 1.44 bits per heavy atom. The molecule has 0 unspecified atom stereocenters. The quantitative estimate of drug-likeness (QED) is 0.168. The summed E-state index contributed by atoms with van der Waals surface area (Å²) in [6.07, 6.45) is 0. The zero-order valence-electron chi connectivity index (χ0n) is 31.8. The fourth-order valence-corrected chi connectivity index (χ4v) is 9.65. The third-order valence-corrected chi connectivity index (χ3v) is 12.3. The van der Waals surface area contributed by atoms with Crippen LogP contribution in [0.1, 0.15) is 0 Å². The molecule has 0 saturated heterocycles. The number of fused-ring (bicyclic) bond motifs is 13. The van der Waals surface area contributed by atoms with Gasteiger partial charge in [0, 0.05) is 38.5 Å². The van der Waals surface area contributed by atoms with Crippen molar-refractivity contribution in [2.45, 2.75) is 0 Å². The number of aromatic nitrogens is 3. The first-order chi connectivity index (χ1) is 29.2. The summed E-state index contributed by atoms with van der Waals surface area (Å²) < 4.78 is 11.3. The van der Waals surface area contributed by atoms with E-state index in [1.165, 1.54) is 70.4 Å². The van der Waals surface area contributed by atoms with Crippen LogP contribution < -0.4 is 0 Å². The average Bonchev–Trinajstić information content (AvgIpc) is 3.99. The largest absolute Gasteiger partial charge is 0.436 e. The maximum absolute atomic E-state index is 6.56. The monoisotopic (exact) mass is 751 g/mol. The summed E-state index contributed by atoms with van der Waals surface area (Å²) in [7, 11) is 0. The van der Waals surface area contributed by atoms with E-state index in [4.69, 9.17) is 9.40 Å². The van der Waals surface area contributed by atoms with Gasteiger partial charge in [-0.25, -0.2) is 4.98 Å². The molecule has 3 aromatic heterocycles. The van der Waals surface area contributed by atoms with Gasteiger partial charge in [0.05, 0.1) is 22.1 Å². The molecule has 0 N–H and O–H groups in total. The second-order valence-corrected chi connectivity index (χ2v) is 15.5. The molecule has 4 nitrogen and oxygen atoms in total. The first kappa shape index (κ1) is 32.2. The molecule has 0 fully saturated rings. The molecule has 0 aliphatic heterocycles. The lowest BCUT2D eigenvalue weighted by molar-refractivity contribution is 0.620. The highest BCUT2D eigenvalue weighted by Gasteiger charge is 2.18. The van der Waals surface area contributed by atoms with Gasteiger partial charge in [-0.2, -0.15) is 0 Å². The van der Waals surface area contributed by atoms with Gasteiger partial charge < -0.3 is 13.6 Å². The van der Waals surface area contributed by atoms with Crippen molar-refractivity contribution >= 4 is 87.0 Å². The predicted molar refractivity (Wildman–Crippen MR) is 246 cm³/mol. The summed E-state index contributed by atoms with van der Waals surface area (Å²) in [4.78, 5) is 4.98. The standard InChI is InChI=1S/C55H33N3O/c1-2-12-37(13-3-1)57-50-20-10-8-19-45(50)48-31-36(24-29-52(48)57)55-56-49-27-22-35(32-54(49)59-55)34-23-28-53-47(30-34)44-18-9-11-21-51(44)58(53)38-25-26-43-41-16-5-4-14-39(41)40-15-6-7-17-42(40)46(43)33-38/h1-33H. The van der Waals surface area contributed by atoms with Crippen molar-refractivity contribution in [3.8, 4) is 34.0 Å². The second kappa shape index (κ2) is 12.3. The van der Waals surface area contributed by atoms with Gasteiger partial charge in [0.15, 0.2) is 5.58 Å². The van der Waals surface area contributed by atoms with E-state index in [-0.39, 0.29) is 0 Å². The summed E-state index contributed by atoms with van der Waals surface area (Å²) in [6.45, 7) is 0. The Labute approximate surface area is 338 Å². The van der Waals surface area contributed by atoms with E-state index in [9.17, 15) is 0 Å². The minimum Gasteiger partial charge on any atom is -0.436 e. The van der Waals surface area contributed by atoms with Gasteiger partial charge in [0.2, 0.25) is 5.89 Å². The van der Waals surface area contributed by atoms with E-state index in [1.807, 2.05) is 0 Å². The molecular weight excluding hydrogens is 719 g/mol. The molecule has 0 aliphatic rings. The molecule has 274 valence electrons. The van der Waals surface area contributed by atoms with E-state index < -0.39 is 0 Å². The van der Waals surface area contributed by atoms with Gasteiger partial charge in [0.25, 0.3) is 0 Å². The molecule has 59 heavy (non-hydrogen) atoms. The van der Waals surface area contributed by atoms with Crippen molar-refractivity contribution in [3.63, 3.8) is 0 Å². The van der Waals surface area contributed by atoms with Gasteiger partial charge in [-0.05, 0) is 122 Å². The molecule has 4 heteroatoms. The molecular formula is C55H33N3O. The van der Waals surface area contributed by atoms with Crippen LogP contribution in [-0.2, 0) is 0 Å². The highest BCUT2D eigenvalue weighted by Crippen LogP contribution is 2.40. The van der Waals surface area contributed by atoms with Crippen LogP contribution >= 0.6 is 0 Å². The molecule has 10 aromatic carbocycles. The van der Waals surface area contributed by atoms with Crippen molar-refractivity contribution in [3.05, 3.63) is 200 Å². The SMILES string of the molecule is c1ccc(-n2c3ccccc3c3cc(-c4nc5ccc(-c6ccc7c(c6)c6ccccc6n7-c6ccc7c8ccccc8c8ccccc8c7c6)cc5o4)ccc32)cc1. The highest BCUT2D eigenvalue weighted by atomic mass is 16.3. The minimum absolute atomic E-state index is 0.616. The van der Waals surface area contributed by atoms with Gasteiger partial charge in [-0.1, -0.05) is 121 Å². The number of oxazole rings is 1. The van der Waals surface area contributed by atoms with Gasteiger partial charge in [-0.3, -0.25) is 0 Å². The Morgan fingerprint density at radius 2 is 0.780 bits per heavy atom. The van der Waals surface area contributed by atoms with Crippen molar-refractivity contribution < 1.29 is 4.42 Å². The second-order valence-electron chi connectivity index (χ2n) is 15.5. The first-order valence-electron chi connectivity index (χ1n) is 20.1. The number of rotatable bonds is 4. The molecule has 13 rings (SSSR count). The number of hydrogen-bond acceptors (Lipinski definition) is 2. The van der Waals surface area contributed by atoms with Crippen LogP contribution in [0.2, 0.25) is 0 Å². The molecule has 0 atom stereocenters. The predicted octanol–water partition coefficient (Wildman–Crippen LogP) is 14.8. The Kier molecular flexibility index (Phi) is 6.69. The van der Waals surface area contributed by atoms with Crippen molar-refractivity contribution in [1.29, 1.82) is 0 Å². The van der Waals surface area contributed by atoms with Crippen LogP contribution in [0, 0.1) is 0 Å². The van der Waals surface area contributed by atoms with Crippen molar-refractivity contribution in [2.75, 3.05) is 0 Å². The summed E-state index contributed by atoms with van der Waals surface area (Å²) in [5.74, 6) is 0.616.